The van der Waals surface area contributed by atoms with Crippen LogP contribution in [-0.4, -0.2) is 28.9 Å². The molecule has 1 aromatic rings. The zero-order valence-corrected chi connectivity index (χ0v) is 13.5. The quantitative estimate of drug-likeness (QED) is 0.468. The highest BCUT2D eigenvalue weighted by atomic mass is 16.6. The number of ketones is 1. The lowest BCUT2D eigenvalue weighted by Gasteiger charge is -2.36. The number of nitro benzene ring substituents is 1. The molecule has 0 bridgehead atoms. The zero-order chi connectivity index (χ0) is 18.0. The maximum absolute atomic E-state index is 12.6. The molecule has 0 aromatic heterocycles. The first-order valence-electron chi connectivity index (χ1n) is 7.94. The number of carbonyl (C=O) groups excluding carboxylic acids is 2. The SMILES string of the molecule is CC(=O)OC1CCC2C(=O)C(Oc3ccccc3[N+](=O)[O-])=COC2C1. The number of hydrogen-bond donors (Lipinski definition) is 0. The Morgan fingerprint density at radius 1 is 1.32 bits per heavy atom. The number of fused-ring (bicyclic) bond motifs is 1. The monoisotopic (exact) mass is 347 g/mol. The van der Waals surface area contributed by atoms with Gasteiger partial charge in [0, 0.05) is 19.4 Å². The van der Waals surface area contributed by atoms with Gasteiger partial charge in [0.05, 0.1) is 10.8 Å². The Hall–Kier alpha value is -2.90. The van der Waals surface area contributed by atoms with Crippen molar-refractivity contribution < 1.29 is 28.7 Å². The Balaban J connectivity index is 1.74. The second-order valence-electron chi connectivity index (χ2n) is 6.00. The fraction of sp³-hybridized carbons (Fsp3) is 0.412. The van der Waals surface area contributed by atoms with E-state index in [9.17, 15) is 19.7 Å². The summed E-state index contributed by atoms with van der Waals surface area (Å²) in [5.74, 6) is -1.09. The van der Waals surface area contributed by atoms with Gasteiger partial charge in [0.1, 0.15) is 18.5 Å². The summed E-state index contributed by atoms with van der Waals surface area (Å²) in [6.07, 6.45) is 2.04. The summed E-state index contributed by atoms with van der Waals surface area (Å²) >= 11 is 0. The van der Waals surface area contributed by atoms with Gasteiger partial charge in [-0.3, -0.25) is 19.7 Å². The van der Waals surface area contributed by atoms with Crippen molar-refractivity contribution in [2.45, 2.75) is 38.4 Å². The van der Waals surface area contributed by atoms with Gasteiger partial charge in [-0.25, -0.2) is 0 Å². The van der Waals surface area contributed by atoms with Crippen molar-refractivity contribution in [2.24, 2.45) is 5.92 Å². The van der Waals surface area contributed by atoms with Crippen LogP contribution in [0.1, 0.15) is 26.2 Å². The molecule has 2 aliphatic rings. The molecule has 132 valence electrons. The molecule has 1 aliphatic carbocycles. The smallest absolute Gasteiger partial charge is 0.311 e. The summed E-state index contributed by atoms with van der Waals surface area (Å²) in [7, 11) is 0. The molecular formula is C17H17NO7. The van der Waals surface area contributed by atoms with Crippen LogP contribution in [0.2, 0.25) is 0 Å². The van der Waals surface area contributed by atoms with Crippen molar-refractivity contribution in [1.29, 1.82) is 0 Å². The van der Waals surface area contributed by atoms with Crippen LogP contribution in [0.3, 0.4) is 0 Å². The van der Waals surface area contributed by atoms with Crippen LogP contribution in [-0.2, 0) is 19.1 Å². The van der Waals surface area contributed by atoms with Gasteiger partial charge in [-0.2, -0.15) is 0 Å². The van der Waals surface area contributed by atoms with E-state index in [-0.39, 0.29) is 41.2 Å². The number of hydrogen-bond acceptors (Lipinski definition) is 7. The first-order chi connectivity index (χ1) is 12.0. The van der Waals surface area contributed by atoms with E-state index in [1.807, 2.05) is 0 Å². The van der Waals surface area contributed by atoms with Gasteiger partial charge >= 0.3 is 11.7 Å². The summed E-state index contributed by atoms with van der Waals surface area (Å²) in [5.41, 5.74) is -0.225. The lowest BCUT2D eigenvalue weighted by Crippen LogP contribution is -2.42. The van der Waals surface area contributed by atoms with Gasteiger partial charge in [-0.15, -0.1) is 0 Å². The number of Topliss-reactive ketones (excluding diaryl/α,β-unsaturated/α-hetero) is 1. The Labute approximate surface area is 143 Å². The van der Waals surface area contributed by atoms with E-state index in [0.717, 1.165) is 0 Å². The Morgan fingerprint density at radius 2 is 2.08 bits per heavy atom. The predicted octanol–water partition coefficient (Wildman–Crippen LogP) is 2.51. The third-order valence-corrected chi connectivity index (χ3v) is 4.29. The van der Waals surface area contributed by atoms with E-state index in [0.29, 0.717) is 19.3 Å². The van der Waals surface area contributed by atoms with Crippen molar-refractivity contribution in [3.63, 3.8) is 0 Å². The average Bonchev–Trinajstić information content (AvgIpc) is 2.57. The molecule has 3 atom stereocenters. The van der Waals surface area contributed by atoms with Crippen LogP contribution in [0.25, 0.3) is 0 Å². The Morgan fingerprint density at radius 3 is 2.80 bits per heavy atom. The minimum Gasteiger partial charge on any atom is -0.493 e. The predicted molar refractivity (Wildman–Crippen MR) is 84.6 cm³/mol. The van der Waals surface area contributed by atoms with Gasteiger partial charge in [0.15, 0.2) is 0 Å². The highest BCUT2D eigenvalue weighted by Gasteiger charge is 2.42. The highest BCUT2D eigenvalue weighted by Crippen LogP contribution is 2.36. The topological polar surface area (TPSA) is 105 Å². The standard InChI is InChI=1S/C17H17NO7/c1-10(19)24-11-6-7-12-15(8-11)23-9-16(17(12)20)25-14-5-3-2-4-13(14)18(21)22/h2-5,9,11-12,15H,6-8H2,1H3. The number of para-hydroxylation sites is 2. The zero-order valence-electron chi connectivity index (χ0n) is 13.5. The molecule has 0 amide bonds. The molecule has 1 heterocycles. The number of carbonyl (C=O) groups is 2. The molecule has 1 aromatic carbocycles. The number of nitro groups is 1. The van der Waals surface area contributed by atoms with Gasteiger partial charge in [-0.05, 0) is 18.9 Å². The molecule has 3 rings (SSSR count). The average molecular weight is 347 g/mol. The van der Waals surface area contributed by atoms with Gasteiger partial charge in [0.25, 0.3) is 0 Å². The number of rotatable bonds is 4. The molecule has 0 saturated heterocycles. The highest BCUT2D eigenvalue weighted by molar-refractivity contribution is 5.96. The van der Waals surface area contributed by atoms with E-state index in [4.69, 9.17) is 14.2 Å². The Kier molecular flexibility index (Phi) is 4.69. The minimum atomic E-state index is -0.572. The molecule has 3 unspecified atom stereocenters. The Bertz CT molecular complexity index is 742. The summed E-state index contributed by atoms with van der Waals surface area (Å²) in [6, 6.07) is 5.84. The normalized spacial score (nSPS) is 25.2. The molecule has 1 saturated carbocycles. The summed E-state index contributed by atoms with van der Waals surface area (Å²) in [4.78, 5) is 34.2. The molecule has 1 aliphatic heterocycles. The fourth-order valence-corrected chi connectivity index (χ4v) is 3.16. The van der Waals surface area contributed by atoms with Crippen molar-refractivity contribution in [1.82, 2.24) is 0 Å². The van der Waals surface area contributed by atoms with Gasteiger partial charge in [0.2, 0.25) is 17.3 Å². The number of ether oxygens (including phenoxy) is 3. The van der Waals surface area contributed by atoms with Crippen LogP contribution >= 0.6 is 0 Å². The molecule has 8 nitrogen and oxygen atoms in total. The van der Waals surface area contributed by atoms with E-state index in [1.165, 1.54) is 31.4 Å². The minimum absolute atomic E-state index is 0.0113. The van der Waals surface area contributed by atoms with Crippen molar-refractivity contribution >= 4 is 17.4 Å². The lowest BCUT2D eigenvalue weighted by molar-refractivity contribution is -0.385. The second kappa shape index (κ2) is 6.92. The largest absolute Gasteiger partial charge is 0.493 e. The van der Waals surface area contributed by atoms with Crippen LogP contribution in [0.4, 0.5) is 5.69 Å². The molecule has 0 N–H and O–H groups in total. The van der Waals surface area contributed by atoms with E-state index >= 15 is 0 Å². The maximum atomic E-state index is 12.6. The van der Waals surface area contributed by atoms with Crippen LogP contribution < -0.4 is 4.74 Å². The van der Waals surface area contributed by atoms with Crippen LogP contribution in [0.15, 0.2) is 36.3 Å². The molecule has 8 heteroatoms. The fourth-order valence-electron chi connectivity index (χ4n) is 3.16. The summed E-state index contributed by atoms with van der Waals surface area (Å²) in [5, 5.41) is 11.0. The third-order valence-electron chi connectivity index (χ3n) is 4.29. The summed E-state index contributed by atoms with van der Waals surface area (Å²) < 4.78 is 16.2. The molecule has 0 spiro atoms. The van der Waals surface area contributed by atoms with Crippen LogP contribution in [0.5, 0.6) is 5.75 Å². The van der Waals surface area contributed by atoms with Gasteiger partial charge in [-0.1, -0.05) is 12.1 Å². The maximum Gasteiger partial charge on any atom is 0.311 e. The lowest BCUT2D eigenvalue weighted by atomic mass is 9.80. The number of nitrogens with zero attached hydrogens (tertiary/aromatic N) is 1. The van der Waals surface area contributed by atoms with E-state index < -0.39 is 10.8 Å². The van der Waals surface area contributed by atoms with Crippen LogP contribution in [0, 0.1) is 16.0 Å². The van der Waals surface area contributed by atoms with E-state index in [2.05, 4.69) is 0 Å². The number of allylic oxidation sites excluding steroid dienone is 1. The number of benzene rings is 1. The van der Waals surface area contributed by atoms with E-state index in [1.54, 1.807) is 6.07 Å². The first kappa shape index (κ1) is 16.9. The molecule has 0 radical (unpaired) electrons. The number of esters is 1. The third kappa shape index (κ3) is 3.62. The molecule has 1 fully saturated rings. The van der Waals surface area contributed by atoms with Crippen molar-refractivity contribution in [2.75, 3.05) is 0 Å². The van der Waals surface area contributed by atoms with Gasteiger partial charge < -0.3 is 14.2 Å². The van der Waals surface area contributed by atoms with Crippen molar-refractivity contribution in [3.05, 3.63) is 46.4 Å². The summed E-state index contributed by atoms with van der Waals surface area (Å²) in [6.45, 7) is 1.34. The van der Waals surface area contributed by atoms with Crippen molar-refractivity contribution in [3.8, 4) is 5.75 Å². The first-order valence-corrected chi connectivity index (χ1v) is 7.94. The molecule has 25 heavy (non-hydrogen) atoms. The molecular weight excluding hydrogens is 330 g/mol. The second-order valence-corrected chi connectivity index (χ2v) is 6.00.